The average Bonchev–Trinajstić information content (AvgIpc) is 3.33. The first kappa shape index (κ1) is 27.7. The topological polar surface area (TPSA) is 149 Å². The van der Waals surface area contributed by atoms with Gasteiger partial charge in [0.1, 0.15) is 0 Å². The molecule has 4 atom stereocenters. The molecular weight excluding hydrogens is 510 g/mol. The Morgan fingerprint density at radius 3 is 2.39 bits per heavy atom. The van der Waals surface area contributed by atoms with Gasteiger partial charge >= 0.3 is 5.97 Å². The molecule has 1 aliphatic rings. The number of tetrazole rings is 1. The van der Waals surface area contributed by atoms with Gasteiger partial charge in [-0.15, -0.1) is 5.10 Å². The Labute approximate surface area is 224 Å². The summed E-state index contributed by atoms with van der Waals surface area (Å²) in [4.78, 5) is 22.8. The predicted octanol–water partition coefficient (Wildman–Crippen LogP) is 3.48. The van der Waals surface area contributed by atoms with Crippen LogP contribution < -0.4 is 5.32 Å². The van der Waals surface area contributed by atoms with Crippen LogP contribution in [0.1, 0.15) is 55.3 Å². The van der Waals surface area contributed by atoms with E-state index in [0.717, 1.165) is 16.7 Å². The van der Waals surface area contributed by atoms with Gasteiger partial charge in [0.2, 0.25) is 11.1 Å². The Morgan fingerprint density at radius 2 is 1.76 bits per heavy atom. The highest BCUT2D eigenvalue weighted by atomic mass is 32.2. The molecule has 3 N–H and O–H groups in total. The summed E-state index contributed by atoms with van der Waals surface area (Å²) < 4.78 is 14.5. The molecule has 1 amide bonds. The molecule has 1 aromatic heterocycles. The lowest BCUT2D eigenvalue weighted by atomic mass is 9.91. The minimum atomic E-state index is -0.920. The highest BCUT2D eigenvalue weighted by Gasteiger charge is 2.38. The van der Waals surface area contributed by atoms with Crippen LogP contribution >= 0.6 is 11.8 Å². The molecule has 1 aliphatic heterocycles. The molecule has 0 unspecified atom stereocenters. The zero-order valence-corrected chi connectivity index (χ0v) is 22.0. The number of anilines is 1. The summed E-state index contributed by atoms with van der Waals surface area (Å²) in [5, 5.41) is 33.3. The third-order valence-corrected chi connectivity index (χ3v) is 7.44. The SMILES string of the molecule is C[C@H]1[C@@H](CSc2nnnn2C)O[C@@H](c2ccc(NC(=O)CCCC(=O)O)cc2)O[C@H]1c1ccc(CO)cc1. The second-order valence-electron chi connectivity index (χ2n) is 9.14. The number of aliphatic hydroxyl groups is 1. The van der Waals surface area contributed by atoms with Gasteiger partial charge in [0.05, 0.1) is 18.8 Å². The number of ether oxygens (including phenoxy) is 2. The van der Waals surface area contributed by atoms with E-state index >= 15 is 0 Å². The van der Waals surface area contributed by atoms with Crippen LogP contribution in [0.2, 0.25) is 0 Å². The van der Waals surface area contributed by atoms with Gasteiger partial charge in [-0.05, 0) is 40.1 Å². The lowest BCUT2D eigenvalue weighted by Crippen LogP contribution is -2.38. The van der Waals surface area contributed by atoms with E-state index in [0.29, 0.717) is 16.6 Å². The number of carbonyl (C=O) groups is 2. The minimum absolute atomic E-state index is 0.0178. The number of hydrogen-bond donors (Lipinski definition) is 3. The third-order valence-electron chi connectivity index (χ3n) is 6.34. The normalized spacial score (nSPS) is 21.2. The van der Waals surface area contributed by atoms with Crippen molar-refractivity contribution < 1.29 is 29.3 Å². The molecule has 1 fully saturated rings. The van der Waals surface area contributed by atoms with E-state index in [2.05, 4.69) is 27.8 Å². The van der Waals surface area contributed by atoms with Gasteiger partial charge in [-0.25, -0.2) is 4.68 Å². The molecule has 2 aromatic carbocycles. The van der Waals surface area contributed by atoms with E-state index in [1.165, 1.54) is 11.8 Å². The first-order chi connectivity index (χ1) is 18.3. The van der Waals surface area contributed by atoms with Crippen molar-refractivity contribution in [2.45, 2.75) is 56.4 Å². The first-order valence-corrected chi connectivity index (χ1v) is 13.3. The number of benzene rings is 2. The molecule has 202 valence electrons. The lowest BCUT2D eigenvalue weighted by molar-refractivity contribution is -0.268. The van der Waals surface area contributed by atoms with Crippen molar-refractivity contribution in [3.05, 3.63) is 65.2 Å². The minimum Gasteiger partial charge on any atom is -0.481 e. The number of hydrogen-bond acceptors (Lipinski definition) is 9. The number of thioether (sulfide) groups is 1. The first-order valence-electron chi connectivity index (χ1n) is 12.3. The van der Waals surface area contributed by atoms with Crippen molar-refractivity contribution in [1.82, 2.24) is 20.2 Å². The Hall–Kier alpha value is -3.32. The number of aromatic nitrogens is 4. The van der Waals surface area contributed by atoms with Crippen LogP contribution in [0.5, 0.6) is 0 Å². The van der Waals surface area contributed by atoms with Crippen molar-refractivity contribution in [2.75, 3.05) is 11.1 Å². The van der Waals surface area contributed by atoms with Crippen LogP contribution in [0.25, 0.3) is 0 Å². The van der Waals surface area contributed by atoms with Crippen molar-refractivity contribution in [1.29, 1.82) is 0 Å². The van der Waals surface area contributed by atoms with E-state index in [-0.39, 0.29) is 49.9 Å². The molecule has 4 rings (SSSR count). The average molecular weight is 542 g/mol. The van der Waals surface area contributed by atoms with Crippen molar-refractivity contribution in [3.63, 3.8) is 0 Å². The number of nitrogens with zero attached hydrogens (tertiary/aromatic N) is 4. The maximum Gasteiger partial charge on any atom is 0.303 e. The maximum absolute atomic E-state index is 12.1. The summed E-state index contributed by atoms with van der Waals surface area (Å²) >= 11 is 1.51. The molecular formula is C26H31N5O6S. The fraction of sp³-hybridized carbons (Fsp3) is 0.423. The van der Waals surface area contributed by atoms with Crippen LogP contribution in [0.3, 0.4) is 0 Å². The molecule has 0 radical (unpaired) electrons. The van der Waals surface area contributed by atoms with Crippen molar-refractivity contribution >= 4 is 29.3 Å². The highest BCUT2D eigenvalue weighted by molar-refractivity contribution is 7.99. The van der Waals surface area contributed by atoms with Gasteiger partial charge in [-0.2, -0.15) is 0 Å². The van der Waals surface area contributed by atoms with Gasteiger partial charge in [-0.3, -0.25) is 9.59 Å². The number of amides is 1. The second kappa shape index (κ2) is 13.0. The summed E-state index contributed by atoms with van der Waals surface area (Å²) in [6, 6.07) is 14.9. The third kappa shape index (κ3) is 7.16. The number of aliphatic hydroxyl groups excluding tert-OH is 1. The Balaban J connectivity index is 1.48. The van der Waals surface area contributed by atoms with Gasteiger partial charge in [0, 0.05) is 42.8 Å². The van der Waals surface area contributed by atoms with Crippen LogP contribution in [0.4, 0.5) is 5.69 Å². The molecule has 1 saturated heterocycles. The molecule has 0 saturated carbocycles. The zero-order valence-electron chi connectivity index (χ0n) is 21.2. The molecule has 11 nitrogen and oxygen atoms in total. The maximum atomic E-state index is 12.1. The highest BCUT2D eigenvalue weighted by Crippen LogP contribution is 2.43. The molecule has 3 aromatic rings. The van der Waals surface area contributed by atoms with E-state index < -0.39 is 12.3 Å². The standard InChI is InChI=1S/C26H31N5O6S/c1-16-21(15-38-26-28-29-30-31(26)2)36-25(37-24(16)18-8-6-17(14-32)7-9-18)19-10-12-20(13-11-19)27-22(33)4-3-5-23(34)35/h6-13,16,21,24-25,32H,3-5,14-15H2,1-2H3,(H,27,33)(H,34,35)/t16-,21+,24+,25+/m0/s1. The fourth-order valence-electron chi connectivity index (χ4n) is 4.16. The number of carboxylic acids is 1. The number of carbonyl (C=O) groups excluding carboxylic acids is 1. The summed E-state index contributed by atoms with van der Waals surface area (Å²) in [6.07, 6.45) is -0.691. The summed E-state index contributed by atoms with van der Waals surface area (Å²) in [7, 11) is 1.79. The van der Waals surface area contributed by atoms with Gasteiger partial charge in [0.15, 0.2) is 6.29 Å². The molecule has 38 heavy (non-hydrogen) atoms. The van der Waals surface area contributed by atoms with Crippen molar-refractivity contribution in [3.8, 4) is 0 Å². The smallest absolute Gasteiger partial charge is 0.303 e. The number of rotatable bonds is 11. The monoisotopic (exact) mass is 541 g/mol. The van der Waals surface area contributed by atoms with E-state index in [1.807, 2.05) is 36.4 Å². The quantitative estimate of drug-likeness (QED) is 0.308. The Bertz CT molecular complexity index is 1220. The molecule has 0 spiro atoms. The van der Waals surface area contributed by atoms with Crippen LogP contribution in [0.15, 0.2) is 53.7 Å². The summed E-state index contributed by atoms with van der Waals surface area (Å²) in [5.41, 5.74) is 3.22. The van der Waals surface area contributed by atoms with E-state index in [4.69, 9.17) is 14.6 Å². The summed E-state index contributed by atoms with van der Waals surface area (Å²) in [5.74, 6) is -0.522. The molecule has 0 bridgehead atoms. The summed E-state index contributed by atoms with van der Waals surface area (Å²) in [6.45, 7) is 2.06. The zero-order chi connectivity index (χ0) is 27.1. The largest absolute Gasteiger partial charge is 0.481 e. The van der Waals surface area contributed by atoms with Crippen molar-refractivity contribution in [2.24, 2.45) is 13.0 Å². The van der Waals surface area contributed by atoms with Gasteiger partial charge in [-0.1, -0.05) is 55.1 Å². The Morgan fingerprint density at radius 1 is 1.05 bits per heavy atom. The number of carboxylic acid groups (broad SMARTS) is 1. The van der Waals surface area contributed by atoms with Gasteiger partial charge < -0.3 is 25.0 Å². The number of aryl methyl sites for hydroxylation is 1. The molecule has 0 aliphatic carbocycles. The number of aliphatic carboxylic acids is 1. The lowest BCUT2D eigenvalue weighted by Gasteiger charge is -2.41. The predicted molar refractivity (Wildman–Crippen MR) is 139 cm³/mol. The second-order valence-corrected chi connectivity index (χ2v) is 10.1. The Kier molecular flexibility index (Phi) is 9.45. The van der Waals surface area contributed by atoms with E-state index in [1.54, 1.807) is 23.9 Å². The van der Waals surface area contributed by atoms with Crippen LogP contribution in [0, 0.1) is 5.92 Å². The van der Waals surface area contributed by atoms with Gasteiger partial charge in [0.25, 0.3) is 0 Å². The molecule has 12 heteroatoms. The van der Waals surface area contributed by atoms with E-state index in [9.17, 15) is 14.7 Å². The van der Waals surface area contributed by atoms with Crippen LogP contribution in [-0.4, -0.2) is 54.2 Å². The number of nitrogens with one attached hydrogen (secondary N) is 1. The van der Waals surface area contributed by atoms with Crippen LogP contribution in [-0.2, 0) is 32.7 Å². The fourth-order valence-corrected chi connectivity index (χ4v) is 5.17. The molecule has 2 heterocycles.